The first-order valence-corrected chi connectivity index (χ1v) is 6.96. The van der Waals surface area contributed by atoms with Crippen LogP contribution in [0.4, 0.5) is 5.69 Å². The Balaban J connectivity index is 2.43. The minimum absolute atomic E-state index is 0.0104. The fourth-order valence-corrected chi connectivity index (χ4v) is 1.96. The highest BCUT2D eigenvalue weighted by atomic mass is 79.9. The molecule has 1 rings (SSSR count). The number of hydrogen-bond donors (Lipinski definition) is 2. The monoisotopic (exact) mass is 313 g/mol. The number of pyridine rings is 1. The molecule has 1 aromatic rings. The van der Waals surface area contributed by atoms with Gasteiger partial charge in [-0.3, -0.25) is 9.78 Å². The van der Waals surface area contributed by atoms with Crippen LogP contribution >= 0.6 is 15.9 Å². The second-order valence-corrected chi connectivity index (χ2v) is 5.51. The third-order valence-corrected chi connectivity index (χ3v) is 3.41. The summed E-state index contributed by atoms with van der Waals surface area (Å²) in [7, 11) is 0. The highest BCUT2D eigenvalue weighted by molar-refractivity contribution is 9.10. The molecule has 1 amide bonds. The number of nitrogens with one attached hydrogen (secondary N) is 1. The molecule has 0 saturated heterocycles. The lowest BCUT2D eigenvalue weighted by molar-refractivity contribution is -0.119. The minimum atomic E-state index is -0.0104. The van der Waals surface area contributed by atoms with E-state index in [9.17, 15) is 4.79 Å². The summed E-state index contributed by atoms with van der Waals surface area (Å²) in [6, 6.07) is 1.98. The number of carbonyl (C=O) groups is 1. The fourth-order valence-electron chi connectivity index (χ4n) is 1.61. The minimum Gasteiger partial charge on any atom is -0.328 e. The topological polar surface area (TPSA) is 68.0 Å². The van der Waals surface area contributed by atoms with Crippen LogP contribution in [0.1, 0.15) is 33.1 Å². The van der Waals surface area contributed by atoms with E-state index in [1.165, 1.54) is 0 Å². The van der Waals surface area contributed by atoms with Crippen LogP contribution in [0.3, 0.4) is 0 Å². The summed E-state index contributed by atoms with van der Waals surface area (Å²) in [5.74, 6) is 0.0235. The van der Waals surface area contributed by atoms with Gasteiger partial charge in [-0.25, -0.2) is 0 Å². The van der Waals surface area contributed by atoms with Crippen LogP contribution < -0.4 is 11.1 Å². The maximum atomic E-state index is 12.0. The molecule has 0 radical (unpaired) electrons. The van der Waals surface area contributed by atoms with E-state index in [0.29, 0.717) is 0 Å². The number of nitrogens with two attached hydrogens (primary N) is 1. The molecule has 1 aromatic heterocycles. The first-order chi connectivity index (χ1) is 8.50. The number of rotatable bonds is 6. The van der Waals surface area contributed by atoms with Crippen LogP contribution in [-0.2, 0) is 4.79 Å². The number of aromatic nitrogens is 1. The van der Waals surface area contributed by atoms with Gasteiger partial charge >= 0.3 is 0 Å². The normalized spacial score (nSPS) is 14.0. The molecule has 0 saturated carbocycles. The van der Waals surface area contributed by atoms with Crippen molar-refractivity contribution >= 4 is 27.5 Å². The number of hydrogen-bond acceptors (Lipinski definition) is 3. The van der Waals surface area contributed by atoms with Gasteiger partial charge in [-0.15, -0.1) is 0 Å². The standard InChI is InChI=1S/C13H20BrN3O/c1-9(4-3-5-10(2)15)13(18)17-12-6-7-16-8-11(12)14/h6-10H,3-5,15H2,1-2H3,(H,16,17,18). The molecule has 4 nitrogen and oxygen atoms in total. The van der Waals surface area contributed by atoms with Gasteiger partial charge in [-0.1, -0.05) is 13.3 Å². The second-order valence-electron chi connectivity index (χ2n) is 4.65. The predicted molar refractivity (Wildman–Crippen MR) is 77.2 cm³/mol. The van der Waals surface area contributed by atoms with Crippen LogP contribution in [0.5, 0.6) is 0 Å². The molecule has 3 N–H and O–H groups in total. The lowest BCUT2D eigenvalue weighted by Crippen LogP contribution is -2.21. The van der Waals surface area contributed by atoms with Crippen molar-refractivity contribution in [2.45, 2.75) is 39.2 Å². The quantitative estimate of drug-likeness (QED) is 0.848. The van der Waals surface area contributed by atoms with Crippen molar-refractivity contribution in [3.63, 3.8) is 0 Å². The Labute approximate surface area is 116 Å². The molecule has 0 bridgehead atoms. The molecule has 0 aliphatic carbocycles. The number of amides is 1. The Bertz CT molecular complexity index is 396. The third kappa shape index (κ3) is 5.14. The molecule has 0 aromatic carbocycles. The average Bonchev–Trinajstić information content (AvgIpc) is 2.31. The number of carbonyl (C=O) groups excluding carboxylic acids is 1. The van der Waals surface area contributed by atoms with Gasteiger partial charge in [0, 0.05) is 24.4 Å². The zero-order valence-corrected chi connectivity index (χ0v) is 12.4. The van der Waals surface area contributed by atoms with Gasteiger partial charge in [-0.2, -0.15) is 0 Å². The SMILES string of the molecule is CC(N)CCCC(C)C(=O)Nc1ccncc1Br. The molecule has 0 aliphatic rings. The fraction of sp³-hybridized carbons (Fsp3) is 0.538. The van der Waals surface area contributed by atoms with Crippen LogP contribution in [0.2, 0.25) is 0 Å². The second kappa shape index (κ2) is 7.48. The summed E-state index contributed by atoms with van der Waals surface area (Å²) in [4.78, 5) is 15.9. The number of nitrogens with zero attached hydrogens (tertiary/aromatic N) is 1. The lowest BCUT2D eigenvalue weighted by Gasteiger charge is -2.13. The molecular formula is C13H20BrN3O. The Morgan fingerprint density at radius 3 is 2.83 bits per heavy atom. The van der Waals surface area contributed by atoms with Crippen molar-refractivity contribution in [1.82, 2.24) is 4.98 Å². The largest absolute Gasteiger partial charge is 0.328 e. The van der Waals surface area contributed by atoms with E-state index in [4.69, 9.17) is 5.73 Å². The van der Waals surface area contributed by atoms with E-state index >= 15 is 0 Å². The van der Waals surface area contributed by atoms with Crippen molar-refractivity contribution in [3.8, 4) is 0 Å². The van der Waals surface area contributed by atoms with E-state index in [1.807, 2.05) is 13.8 Å². The average molecular weight is 314 g/mol. The van der Waals surface area contributed by atoms with Crippen molar-refractivity contribution in [3.05, 3.63) is 22.9 Å². The molecule has 18 heavy (non-hydrogen) atoms. The zero-order valence-electron chi connectivity index (χ0n) is 10.8. The van der Waals surface area contributed by atoms with Crippen molar-refractivity contribution in [2.75, 3.05) is 5.32 Å². The maximum absolute atomic E-state index is 12.0. The summed E-state index contributed by atoms with van der Waals surface area (Å²) in [6.45, 7) is 3.92. The van der Waals surface area contributed by atoms with Gasteiger partial charge in [0.25, 0.3) is 0 Å². The molecule has 100 valence electrons. The Kier molecular flexibility index (Phi) is 6.29. The summed E-state index contributed by atoms with van der Waals surface area (Å²) in [6.07, 6.45) is 6.11. The molecule has 1 heterocycles. The maximum Gasteiger partial charge on any atom is 0.227 e. The van der Waals surface area contributed by atoms with Gasteiger partial charge in [-0.05, 0) is 41.8 Å². The Morgan fingerprint density at radius 2 is 2.22 bits per heavy atom. The molecule has 0 fully saturated rings. The van der Waals surface area contributed by atoms with Gasteiger partial charge < -0.3 is 11.1 Å². The molecule has 0 spiro atoms. The van der Waals surface area contributed by atoms with Crippen molar-refractivity contribution in [1.29, 1.82) is 0 Å². The summed E-state index contributed by atoms with van der Waals surface area (Å²) < 4.78 is 0.793. The zero-order chi connectivity index (χ0) is 13.5. The molecular weight excluding hydrogens is 294 g/mol. The molecule has 2 unspecified atom stereocenters. The first-order valence-electron chi connectivity index (χ1n) is 6.16. The lowest BCUT2D eigenvalue weighted by atomic mass is 10.0. The van der Waals surface area contributed by atoms with Gasteiger partial charge in [0.1, 0.15) is 0 Å². The Morgan fingerprint density at radius 1 is 1.50 bits per heavy atom. The van der Waals surface area contributed by atoms with Crippen LogP contribution in [0.25, 0.3) is 0 Å². The first kappa shape index (κ1) is 15.1. The molecule has 2 atom stereocenters. The third-order valence-electron chi connectivity index (χ3n) is 2.77. The molecule has 0 aliphatic heterocycles. The predicted octanol–water partition coefficient (Wildman–Crippen LogP) is 2.94. The van der Waals surface area contributed by atoms with Gasteiger partial charge in [0.2, 0.25) is 5.91 Å². The highest BCUT2D eigenvalue weighted by Crippen LogP contribution is 2.21. The van der Waals surface area contributed by atoms with Gasteiger partial charge in [0.05, 0.1) is 10.2 Å². The van der Waals surface area contributed by atoms with E-state index in [-0.39, 0.29) is 17.9 Å². The van der Waals surface area contributed by atoms with Crippen LogP contribution in [0, 0.1) is 5.92 Å². The summed E-state index contributed by atoms with van der Waals surface area (Å²) in [5.41, 5.74) is 6.44. The van der Waals surface area contributed by atoms with E-state index in [2.05, 4.69) is 26.2 Å². The van der Waals surface area contributed by atoms with E-state index in [0.717, 1.165) is 29.4 Å². The van der Waals surface area contributed by atoms with Gasteiger partial charge in [0.15, 0.2) is 0 Å². The Hall–Kier alpha value is -0.940. The smallest absolute Gasteiger partial charge is 0.227 e. The van der Waals surface area contributed by atoms with E-state index < -0.39 is 0 Å². The molecule has 5 heteroatoms. The van der Waals surface area contributed by atoms with E-state index in [1.54, 1.807) is 18.5 Å². The highest BCUT2D eigenvalue weighted by Gasteiger charge is 2.14. The van der Waals surface area contributed by atoms with Crippen LogP contribution in [-0.4, -0.2) is 16.9 Å². The number of halogens is 1. The number of anilines is 1. The van der Waals surface area contributed by atoms with Crippen molar-refractivity contribution in [2.24, 2.45) is 11.7 Å². The van der Waals surface area contributed by atoms with Crippen molar-refractivity contribution < 1.29 is 4.79 Å². The van der Waals surface area contributed by atoms with Crippen LogP contribution in [0.15, 0.2) is 22.9 Å². The summed E-state index contributed by atoms with van der Waals surface area (Å²) >= 11 is 3.35. The summed E-state index contributed by atoms with van der Waals surface area (Å²) in [5, 5.41) is 2.89.